The lowest BCUT2D eigenvalue weighted by Gasteiger charge is -2.30. The Morgan fingerprint density at radius 3 is 2.66 bits per heavy atom. The van der Waals surface area contributed by atoms with Crippen molar-refractivity contribution in [2.75, 3.05) is 52.8 Å². The van der Waals surface area contributed by atoms with E-state index in [1.54, 1.807) is 0 Å². The molecule has 2 aliphatic heterocycles. The lowest BCUT2D eigenvalue weighted by Crippen LogP contribution is -2.44. The predicted octanol–water partition coefficient (Wildman–Crippen LogP) is 2.16. The fourth-order valence-corrected chi connectivity index (χ4v) is 3.39. The van der Waals surface area contributed by atoms with Crippen molar-refractivity contribution in [2.45, 2.75) is 6.54 Å². The molecule has 1 amide bonds. The third-order valence-electron chi connectivity index (χ3n) is 5.06. The molecule has 154 valence electrons. The van der Waals surface area contributed by atoms with Gasteiger partial charge in [0.05, 0.1) is 13.2 Å². The summed E-state index contributed by atoms with van der Waals surface area (Å²) >= 11 is 0. The first-order valence-corrected chi connectivity index (χ1v) is 9.92. The van der Waals surface area contributed by atoms with Crippen molar-refractivity contribution in [3.05, 3.63) is 54.1 Å². The summed E-state index contributed by atoms with van der Waals surface area (Å²) in [5.41, 5.74) is 1.00. The van der Waals surface area contributed by atoms with E-state index in [4.69, 9.17) is 18.9 Å². The van der Waals surface area contributed by atoms with Crippen LogP contribution in [0.15, 0.2) is 48.5 Å². The highest BCUT2D eigenvalue weighted by Crippen LogP contribution is 2.32. The van der Waals surface area contributed by atoms with Crippen LogP contribution < -0.4 is 14.2 Å². The number of benzene rings is 2. The molecule has 0 bridgehead atoms. The average Bonchev–Trinajstić information content (AvgIpc) is 3.24. The van der Waals surface area contributed by atoms with E-state index in [0.717, 1.165) is 49.9 Å². The normalized spacial score (nSPS) is 15.9. The van der Waals surface area contributed by atoms with Crippen LogP contribution in [0.5, 0.6) is 17.2 Å². The van der Waals surface area contributed by atoms with E-state index in [0.29, 0.717) is 18.8 Å². The molecule has 4 rings (SSSR count). The average molecular weight is 398 g/mol. The van der Waals surface area contributed by atoms with Crippen molar-refractivity contribution in [3.63, 3.8) is 0 Å². The quantitative estimate of drug-likeness (QED) is 0.679. The van der Waals surface area contributed by atoms with Crippen molar-refractivity contribution >= 4 is 5.91 Å². The van der Waals surface area contributed by atoms with Gasteiger partial charge in [-0.3, -0.25) is 9.69 Å². The van der Waals surface area contributed by atoms with E-state index in [-0.39, 0.29) is 19.3 Å². The van der Waals surface area contributed by atoms with Gasteiger partial charge < -0.3 is 23.8 Å². The van der Waals surface area contributed by atoms with Crippen LogP contribution in [0.1, 0.15) is 5.56 Å². The second kappa shape index (κ2) is 9.62. The molecule has 7 heteroatoms. The summed E-state index contributed by atoms with van der Waals surface area (Å²) in [6, 6.07) is 15.2. The van der Waals surface area contributed by atoms with Crippen LogP contribution in [0.2, 0.25) is 0 Å². The van der Waals surface area contributed by atoms with Gasteiger partial charge in [-0.05, 0) is 29.8 Å². The van der Waals surface area contributed by atoms with Gasteiger partial charge in [-0.1, -0.05) is 24.3 Å². The second-order valence-electron chi connectivity index (χ2n) is 7.06. The lowest BCUT2D eigenvalue weighted by atomic mass is 10.2. The van der Waals surface area contributed by atoms with Crippen LogP contribution in [-0.2, 0) is 16.1 Å². The van der Waals surface area contributed by atoms with Gasteiger partial charge in [0.15, 0.2) is 18.1 Å². The molecule has 0 N–H and O–H groups in total. The van der Waals surface area contributed by atoms with Crippen molar-refractivity contribution in [1.29, 1.82) is 0 Å². The number of hydrogen-bond acceptors (Lipinski definition) is 6. The topological polar surface area (TPSA) is 60.5 Å². The van der Waals surface area contributed by atoms with Gasteiger partial charge >= 0.3 is 0 Å². The lowest BCUT2D eigenvalue weighted by molar-refractivity contribution is -0.134. The van der Waals surface area contributed by atoms with Gasteiger partial charge in [-0.25, -0.2) is 0 Å². The van der Waals surface area contributed by atoms with E-state index in [1.807, 2.05) is 53.4 Å². The molecule has 0 aliphatic carbocycles. The van der Waals surface area contributed by atoms with Crippen LogP contribution >= 0.6 is 0 Å². The number of morpholine rings is 1. The summed E-state index contributed by atoms with van der Waals surface area (Å²) in [6.07, 6.45) is 0. The summed E-state index contributed by atoms with van der Waals surface area (Å²) in [4.78, 5) is 17.1. The molecule has 0 unspecified atom stereocenters. The number of ether oxygens (including phenoxy) is 4. The van der Waals surface area contributed by atoms with Crippen LogP contribution in [0, 0.1) is 0 Å². The third-order valence-corrected chi connectivity index (χ3v) is 5.06. The zero-order valence-corrected chi connectivity index (χ0v) is 16.4. The highest BCUT2D eigenvalue weighted by atomic mass is 16.7. The third kappa shape index (κ3) is 5.40. The van der Waals surface area contributed by atoms with Crippen molar-refractivity contribution in [3.8, 4) is 17.2 Å². The van der Waals surface area contributed by atoms with Gasteiger partial charge in [-0.15, -0.1) is 0 Å². The molecule has 1 saturated heterocycles. The largest absolute Gasteiger partial charge is 0.484 e. The summed E-state index contributed by atoms with van der Waals surface area (Å²) < 4.78 is 21.9. The molecule has 2 aliphatic rings. The van der Waals surface area contributed by atoms with Gasteiger partial charge in [0, 0.05) is 32.7 Å². The monoisotopic (exact) mass is 398 g/mol. The Hall–Kier alpha value is -2.77. The van der Waals surface area contributed by atoms with Gasteiger partial charge in [0.25, 0.3) is 5.91 Å². The number of fused-ring (bicyclic) bond motifs is 1. The van der Waals surface area contributed by atoms with Crippen molar-refractivity contribution < 1.29 is 23.7 Å². The summed E-state index contributed by atoms with van der Waals surface area (Å²) in [5.74, 6) is 2.12. The minimum Gasteiger partial charge on any atom is -0.484 e. The molecule has 2 aromatic carbocycles. The zero-order valence-electron chi connectivity index (χ0n) is 16.4. The molecule has 0 radical (unpaired) electrons. The Morgan fingerprint density at radius 2 is 1.83 bits per heavy atom. The Labute approximate surface area is 170 Å². The molecular formula is C22H26N2O5. The summed E-state index contributed by atoms with van der Waals surface area (Å²) in [5, 5.41) is 0. The van der Waals surface area contributed by atoms with E-state index in [2.05, 4.69) is 4.90 Å². The minimum atomic E-state index is -0.0419. The number of rotatable bonds is 8. The van der Waals surface area contributed by atoms with Crippen LogP contribution in [0.3, 0.4) is 0 Å². The highest BCUT2D eigenvalue weighted by molar-refractivity contribution is 5.77. The summed E-state index contributed by atoms with van der Waals surface area (Å²) in [7, 11) is 0. The van der Waals surface area contributed by atoms with Gasteiger partial charge in [0.1, 0.15) is 5.75 Å². The number of carbonyl (C=O) groups excluding carboxylic acids is 1. The van der Waals surface area contributed by atoms with Crippen molar-refractivity contribution in [2.24, 2.45) is 0 Å². The van der Waals surface area contributed by atoms with Gasteiger partial charge in [0.2, 0.25) is 6.79 Å². The van der Waals surface area contributed by atoms with E-state index < -0.39 is 0 Å². The zero-order chi connectivity index (χ0) is 19.9. The van der Waals surface area contributed by atoms with Gasteiger partial charge in [-0.2, -0.15) is 0 Å². The first-order chi connectivity index (χ1) is 14.3. The molecule has 0 saturated carbocycles. The fourth-order valence-electron chi connectivity index (χ4n) is 3.39. The smallest absolute Gasteiger partial charge is 0.260 e. The fraction of sp³-hybridized carbons (Fsp3) is 0.409. The molecule has 0 aromatic heterocycles. The summed E-state index contributed by atoms with van der Waals surface area (Å²) in [6.45, 7) is 5.47. The second-order valence-corrected chi connectivity index (χ2v) is 7.06. The van der Waals surface area contributed by atoms with Crippen LogP contribution in [-0.4, -0.2) is 68.5 Å². The molecule has 2 aromatic rings. The Balaban J connectivity index is 1.40. The molecule has 0 atom stereocenters. The number of carbonyl (C=O) groups is 1. The standard InChI is InChI=1S/C22H26N2O5/c25-22(16-27-19-4-2-1-3-5-19)24(9-8-23-10-12-26-13-11-23)15-18-6-7-20-21(14-18)29-17-28-20/h1-7,14H,8-13,15-17H2. The Bertz CT molecular complexity index is 808. The predicted molar refractivity (Wildman–Crippen MR) is 107 cm³/mol. The first kappa shape index (κ1) is 19.5. The van der Waals surface area contributed by atoms with Crippen LogP contribution in [0.4, 0.5) is 0 Å². The maximum atomic E-state index is 12.9. The molecule has 29 heavy (non-hydrogen) atoms. The maximum Gasteiger partial charge on any atom is 0.260 e. The van der Waals surface area contributed by atoms with E-state index in [9.17, 15) is 4.79 Å². The number of para-hydroxylation sites is 1. The highest BCUT2D eigenvalue weighted by Gasteiger charge is 2.20. The van der Waals surface area contributed by atoms with E-state index in [1.165, 1.54) is 0 Å². The van der Waals surface area contributed by atoms with Crippen LogP contribution in [0.25, 0.3) is 0 Å². The Morgan fingerprint density at radius 1 is 1.03 bits per heavy atom. The molecule has 0 spiro atoms. The minimum absolute atomic E-state index is 0.0116. The van der Waals surface area contributed by atoms with Crippen molar-refractivity contribution in [1.82, 2.24) is 9.80 Å². The number of hydrogen-bond donors (Lipinski definition) is 0. The molecule has 7 nitrogen and oxygen atoms in total. The maximum absolute atomic E-state index is 12.9. The SMILES string of the molecule is O=C(COc1ccccc1)N(CCN1CCOCC1)Cc1ccc2c(c1)OCO2. The molecule has 1 fully saturated rings. The Kier molecular flexibility index (Phi) is 6.49. The molecule has 2 heterocycles. The number of amides is 1. The number of nitrogens with zero attached hydrogens (tertiary/aromatic N) is 2. The first-order valence-electron chi connectivity index (χ1n) is 9.92. The van der Waals surface area contributed by atoms with E-state index >= 15 is 0 Å². The molecular weight excluding hydrogens is 372 g/mol.